The number of benzene rings is 3. The van der Waals surface area contributed by atoms with Gasteiger partial charge in [0.25, 0.3) is 11.8 Å². The van der Waals surface area contributed by atoms with Crippen LogP contribution in [0.4, 0.5) is 11.4 Å². The second kappa shape index (κ2) is 10.9. The Balaban J connectivity index is 1.79. The minimum Gasteiger partial charge on any atom is -0.493 e. The zero-order valence-corrected chi connectivity index (χ0v) is 18.9. The average molecular weight is 450 g/mol. The van der Waals surface area contributed by atoms with Crippen LogP contribution in [0.15, 0.2) is 60.7 Å². The van der Waals surface area contributed by atoms with E-state index in [1.807, 2.05) is 19.1 Å². The number of hydrogen-bond donors (Lipinski definition) is 2. The number of rotatable bonds is 9. The van der Waals surface area contributed by atoms with Gasteiger partial charge in [0.15, 0.2) is 11.5 Å². The Morgan fingerprint density at radius 3 is 2.03 bits per heavy atom. The molecule has 0 saturated carbocycles. The van der Waals surface area contributed by atoms with Crippen LogP contribution in [0, 0.1) is 0 Å². The molecule has 0 heterocycles. The summed E-state index contributed by atoms with van der Waals surface area (Å²) in [4.78, 5) is 25.6. The molecule has 3 rings (SSSR count). The van der Waals surface area contributed by atoms with E-state index in [1.54, 1.807) is 48.5 Å². The quantitative estimate of drug-likeness (QED) is 0.494. The molecule has 3 aromatic rings. The van der Waals surface area contributed by atoms with Crippen LogP contribution in [0.2, 0.25) is 0 Å². The number of carbonyl (C=O) groups is 2. The fourth-order valence-corrected chi connectivity index (χ4v) is 3.20. The molecule has 8 heteroatoms. The molecule has 0 saturated heterocycles. The third kappa shape index (κ3) is 5.54. The normalized spacial score (nSPS) is 10.2. The summed E-state index contributed by atoms with van der Waals surface area (Å²) in [6.07, 6.45) is 0. The summed E-state index contributed by atoms with van der Waals surface area (Å²) in [6.45, 7) is 2.36. The Morgan fingerprint density at radius 1 is 0.727 bits per heavy atom. The van der Waals surface area contributed by atoms with Gasteiger partial charge in [-0.1, -0.05) is 18.2 Å². The van der Waals surface area contributed by atoms with E-state index in [1.165, 1.54) is 21.3 Å². The summed E-state index contributed by atoms with van der Waals surface area (Å²) in [6, 6.07) is 16.9. The second-order valence-electron chi connectivity index (χ2n) is 6.83. The summed E-state index contributed by atoms with van der Waals surface area (Å²) in [5.74, 6) is 0.980. The Labute approximate surface area is 192 Å². The van der Waals surface area contributed by atoms with Crippen LogP contribution in [-0.2, 0) is 0 Å². The third-order valence-corrected chi connectivity index (χ3v) is 4.74. The van der Waals surface area contributed by atoms with Crippen LogP contribution in [0.25, 0.3) is 0 Å². The zero-order valence-electron chi connectivity index (χ0n) is 18.9. The SMILES string of the molecule is CCOc1ccccc1NC(=O)c1cccc(NC(=O)c2cc(OC)c(OC)c(OC)c2)c1. The predicted molar refractivity (Wildman–Crippen MR) is 126 cm³/mol. The molecule has 0 aliphatic rings. The van der Waals surface area contributed by atoms with Gasteiger partial charge in [0.1, 0.15) is 5.75 Å². The van der Waals surface area contributed by atoms with E-state index in [2.05, 4.69) is 10.6 Å². The van der Waals surface area contributed by atoms with Gasteiger partial charge in [-0.3, -0.25) is 9.59 Å². The number of methoxy groups -OCH3 is 3. The second-order valence-corrected chi connectivity index (χ2v) is 6.83. The lowest BCUT2D eigenvalue weighted by molar-refractivity contribution is 0.101. The minimum atomic E-state index is -0.395. The van der Waals surface area contributed by atoms with Crippen molar-refractivity contribution in [3.05, 3.63) is 71.8 Å². The van der Waals surface area contributed by atoms with Gasteiger partial charge >= 0.3 is 0 Å². The number of hydrogen-bond acceptors (Lipinski definition) is 6. The fraction of sp³-hybridized carbons (Fsp3) is 0.200. The van der Waals surface area contributed by atoms with Crippen LogP contribution in [0.1, 0.15) is 27.6 Å². The molecule has 0 fully saturated rings. The Morgan fingerprint density at radius 2 is 1.39 bits per heavy atom. The van der Waals surface area contributed by atoms with E-state index in [9.17, 15) is 9.59 Å². The van der Waals surface area contributed by atoms with Crippen molar-refractivity contribution in [3.8, 4) is 23.0 Å². The molecule has 0 unspecified atom stereocenters. The molecule has 2 amide bonds. The molecular weight excluding hydrogens is 424 g/mol. The highest BCUT2D eigenvalue weighted by Gasteiger charge is 2.18. The first kappa shape index (κ1) is 23.5. The molecule has 3 aromatic carbocycles. The Kier molecular flexibility index (Phi) is 7.75. The van der Waals surface area contributed by atoms with Crippen molar-refractivity contribution in [1.29, 1.82) is 0 Å². The molecule has 0 spiro atoms. The summed E-state index contributed by atoms with van der Waals surface area (Å²) in [5.41, 5.74) is 1.71. The highest BCUT2D eigenvalue weighted by atomic mass is 16.5. The number of nitrogens with one attached hydrogen (secondary N) is 2. The van der Waals surface area contributed by atoms with Crippen molar-refractivity contribution in [2.24, 2.45) is 0 Å². The van der Waals surface area contributed by atoms with Crippen molar-refractivity contribution in [3.63, 3.8) is 0 Å². The molecule has 0 aliphatic heterocycles. The van der Waals surface area contributed by atoms with E-state index in [0.717, 1.165) is 0 Å². The predicted octanol–water partition coefficient (Wildman–Crippen LogP) is 4.62. The lowest BCUT2D eigenvalue weighted by Gasteiger charge is -2.14. The summed E-state index contributed by atoms with van der Waals surface area (Å²) in [5, 5.41) is 5.64. The third-order valence-electron chi connectivity index (χ3n) is 4.74. The van der Waals surface area contributed by atoms with E-state index in [-0.39, 0.29) is 5.91 Å². The van der Waals surface area contributed by atoms with Crippen molar-refractivity contribution >= 4 is 23.2 Å². The first-order valence-corrected chi connectivity index (χ1v) is 10.2. The lowest BCUT2D eigenvalue weighted by atomic mass is 10.1. The monoisotopic (exact) mass is 450 g/mol. The minimum absolute atomic E-state index is 0.310. The van der Waals surface area contributed by atoms with Gasteiger partial charge in [-0.05, 0) is 49.4 Å². The maximum atomic E-state index is 12.9. The van der Waals surface area contributed by atoms with Crippen LogP contribution in [0.5, 0.6) is 23.0 Å². The van der Waals surface area contributed by atoms with Gasteiger partial charge in [-0.2, -0.15) is 0 Å². The first-order valence-electron chi connectivity index (χ1n) is 10.2. The van der Waals surface area contributed by atoms with Gasteiger partial charge in [0.05, 0.1) is 33.6 Å². The number of ether oxygens (including phenoxy) is 4. The number of amides is 2. The molecule has 2 N–H and O–H groups in total. The highest BCUT2D eigenvalue weighted by Crippen LogP contribution is 2.38. The van der Waals surface area contributed by atoms with Crippen LogP contribution in [-0.4, -0.2) is 39.8 Å². The first-order chi connectivity index (χ1) is 16.0. The van der Waals surface area contributed by atoms with E-state index < -0.39 is 5.91 Å². The highest BCUT2D eigenvalue weighted by molar-refractivity contribution is 6.08. The van der Waals surface area contributed by atoms with Crippen molar-refractivity contribution < 1.29 is 28.5 Å². The van der Waals surface area contributed by atoms with Crippen LogP contribution >= 0.6 is 0 Å². The van der Waals surface area contributed by atoms with Gasteiger partial charge in [-0.25, -0.2) is 0 Å². The molecule has 172 valence electrons. The zero-order chi connectivity index (χ0) is 23.8. The van der Waals surface area contributed by atoms with Gasteiger partial charge in [0, 0.05) is 16.8 Å². The van der Waals surface area contributed by atoms with Crippen LogP contribution < -0.4 is 29.6 Å². The molecule has 33 heavy (non-hydrogen) atoms. The van der Waals surface area contributed by atoms with E-state index >= 15 is 0 Å². The lowest BCUT2D eigenvalue weighted by Crippen LogP contribution is -2.15. The van der Waals surface area contributed by atoms with Crippen LogP contribution in [0.3, 0.4) is 0 Å². The molecular formula is C25H26N2O6. The number of anilines is 2. The molecule has 0 radical (unpaired) electrons. The van der Waals surface area contributed by atoms with Crippen molar-refractivity contribution in [2.45, 2.75) is 6.92 Å². The molecule has 0 bridgehead atoms. The van der Waals surface area contributed by atoms with Crippen molar-refractivity contribution in [2.75, 3.05) is 38.6 Å². The number of carbonyl (C=O) groups excluding carboxylic acids is 2. The summed E-state index contributed by atoms with van der Waals surface area (Å²) < 4.78 is 21.5. The van der Waals surface area contributed by atoms with Gasteiger partial charge < -0.3 is 29.6 Å². The average Bonchev–Trinajstić information content (AvgIpc) is 2.84. The molecule has 0 aliphatic carbocycles. The van der Waals surface area contributed by atoms with Gasteiger partial charge in [0.2, 0.25) is 5.75 Å². The van der Waals surface area contributed by atoms with E-state index in [0.29, 0.717) is 52.1 Å². The smallest absolute Gasteiger partial charge is 0.255 e. The Hall–Kier alpha value is -4.20. The van der Waals surface area contributed by atoms with Crippen molar-refractivity contribution in [1.82, 2.24) is 0 Å². The number of para-hydroxylation sites is 2. The fourth-order valence-electron chi connectivity index (χ4n) is 3.20. The largest absolute Gasteiger partial charge is 0.493 e. The summed E-state index contributed by atoms with van der Waals surface area (Å²) in [7, 11) is 4.44. The standard InChI is InChI=1S/C25H26N2O6/c1-5-33-20-12-7-6-11-19(20)27-24(28)16-9-8-10-18(13-16)26-25(29)17-14-21(30-2)23(32-4)22(15-17)31-3/h6-15H,5H2,1-4H3,(H,26,29)(H,27,28). The topological polar surface area (TPSA) is 95.1 Å². The molecule has 8 nitrogen and oxygen atoms in total. The maximum Gasteiger partial charge on any atom is 0.255 e. The molecule has 0 atom stereocenters. The molecule has 0 aromatic heterocycles. The maximum absolute atomic E-state index is 12.9. The summed E-state index contributed by atoms with van der Waals surface area (Å²) >= 11 is 0. The van der Waals surface area contributed by atoms with Gasteiger partial charge in [-0.15, -0.1) is 0 Å². The van der Waals surface area contributed by atoms with E-state index in [4.69, 9.17) is 18.9 Å². The Bertz CT molecular complexity index is 1120.